The highest BCUT2D eigenvalue weighted by Gasteiger charge is 2.33. The van der Waals surface area contributed by atoms with E-state index < -0.39 is 28.6 Å². The third-order valence-corrected chi connectivity index (χ3v) is 4.54. The maximum Gasteiger partial charge on any atom is 0.417 e. The van der Waals surface area contributed by atoms with Gasteiger partial charge in [-0.3, -0.25) is 20.3 Å². The summed E-state index contributed by atoms with van der Waals surface area (Å²) in [6, 6.07) is 10.1. The lowest BCUT2D eigenvalue weighted by Crippen LogP contribution is -2.18. The number of carbonyl (C=O) groups excluding carboxylic acids is 2. The zero-order valence-corrected chi connectivity index (χ0v) is 17.1. The number of carbonyl (C=O) groups is 2. The molecule has 11 heteroatoms. The molecular weight excluding hydrogens is 449 g/mol. The second-order valence-electron chi connectivity index (χ2n) is 6.42. The summed E-state index contributed by atoms with van der Waals surface area (Å²) in [5.41, 5.74) is 6.63. The molecule has 2 aromatic carbocycles. The second-order valence-corrected chi connectivity index (χ2v) is 6.82. The highest BCUT2D eigenvalue weighted by Crippen LogP contribution is 2.38. The van der Waals surface area contributed by atoms with Crippen LogP contribution in [0, 0.1) is 0 Å². The van der Waals surface area contributed by atoms with Crippen molar-refractivity contribution in [3.05, 3.63) is 76.6 Å². The molecule has 0 unspecified atom stereocenters. The Hall–Kier alpha value is -3.79. The van der Waals surface area contributed by atoms with Gasteiger partial charge in [-0.25, -0.2) is 0 Å². The van der Waals surface area contributed by atoms with Crippen molar-refractivity contribution in [1.29, 1.82) is 0 Å². The van der Waals surface area contributed by atoms with Crippen molar-refractivity contribution in [2.75, 3.05) is 12.4 Å². The maximum atomic E-state index is 13.2. The van der Waals surface area contributed by atoms with E-state index in [4.69, 9.17) is 22.1 Å². The number of ether oxygens (including phenoxy) is 1. The Kier molecular flexibility index (Phi) is 6.54. The van der Waals surface area contributed by atoms with Crippen LogP contribution in [0.1, 0.15) is 26.4 Å². The monoisotopic (exact) mass is 463 g/mol. The van der Waals surface area contributed by atoms with E-state index in [0.717, 1.165) is 12.1 Å². The van der Waals surface area contributed by atoms with E-state index >= 15 is 0 Å². The molecule has 0 saturated heterocycles. The number of halogens is 4. The summed E-state index contributed by atoms with van der Waals surface area (Å²) >= 11 is 5.66. The first-order valence-corrected chi connectivity index (χ1v) is 9.36. The van der Waals surface area contributed by atoms with Crippen molar-refractivity contribution < 1.29 is 27.5 Å². The Morgan fingerprint density at radius 1 is 1.09 bits per heavy atom. The quantitative estimate of drug-likeness (QED) is 0.531. The molecule has 1 heterocycles. The average Bonchev–Trinajstić information content (AvgIpc) is 2.75. The molecule has 32 heavy (non-hydrogen) atoms. The Morgan fingerprint density at radius 2 is 1.84 bits per heavy atom. The van der Waals surface area contributed by atoms with Gasteiger partial charge in [0.15, 0.2) is 5.75 Å². The molecule has 0 spiro atoms. The number of nitrogens with one attached hydrogen (secondary N) is 3. The summed E-state index contributed by atoms with van der Waals surface area (Å²) in [6.45, 7) is 0. The summed E-state index contributed by atoms with van der Waals surface area (Å²) in [4.78, 5) is 27.2. The number of nitrogens with zero attached hydrogens (tertiary/aromatic N) is 1. The zero-order valence-electron chi connectivity index (χ0n) is 16.4. The average molecular weight is 464 g/mol. The fourth-order valence-electron chi connectivity index (χ4n) is 2.68. The van der Waals surface area contributed by atoms with Gasteiger partial charge in [0.1, 0.15) is 11.4 Å². The van der Waals surface area contributed by atoms with Gasteiger partial charge >= 0.3 is 6.18 Å². The smallest absolute Gasteiger partial charge is 0.417 e. The van der Waals surface area contributed by atoms with Crippen LogP contribution in [0.3, 0.4) is 0 Å². The Labute approximate surface area is 185 Å². The summed E-state index contributed by atoms with van der Waals surface area (Å²) in [5, 5.41) is 4.77. The van der Waals surface area contributed by atoms with Crippen molar-refractivity contribution >= 4 is 34.8 Å². The molecule has 1 aromatic heterocycles. The van der Waals surface area contributed by atoms with Crippen LogP contribution in [0.15, 0.2) is 54.7 Å². The molecule has 0 aliphatic heterocycles. The van der Waals surface area contributed by atoms with E-state index in [1.54, 1.807) is 0 Å². The van der Waals surface area contributed by atoms with Crippen LogP contribution in [0.25, 0.3) is 0 Å². The first kappa shape index (κ1) is 22.9. The van der Waals surface area contributed by atoms with Crippen LogP contribution in [0.5, 0.6) is 11.5 Å². The van der Waals surface area contributed by atoms with Gasteiger partial charge in [-0.05, 0) is 42.5 Å². The molecule has 0 aliphatic carbocycles. The van der Waals surface area contributed by atoms with Gasteiger partial charge in [-0.15, -0.1) is 0 Å². The van der Waals surface area contributed by atoms with Crippen molar-refractivity contribution in [2.45, 2.75) is 6.18 Å². The minimum absolute atomic E-state index is 0.00165. The number of benzene rings is 2. The SMILES string of the molecule is CNC(=O)c1cc(Oc2cc(C([NH])=O)ccc2Nc2ccc(Cl)c(C(F)(F)F)c2)ccn1. The second kappa shape index (κ2) is 9.15. The lowest BCUT2D eigenvalue weighted by atomic mass is 10.1. The van der Waals surface area contributed by atoms with Crippen molar-refractivity contribution in [3.8, 4) is 11.5 Å². The van der Waals surface area contributed by atoms with Gasteiger partial charge in [0.05, 0.1) is 16.3 Å². The van der Waals surface area contributed by atoms with Crippen LogP contribution in [0.4, 0.5) is 24.5 Å². The summed E-state index contributed by atoms with van der Waals surface area (Å²) in [7, 11) is 1.43. The number of anilines is 2. The number of rotatable bonds is 6. The number of alkyl halides is 3. The Morgan fingerprint density at radius 3 is 2.50 bits per heavy atom. The van der Waals surface area contributed by atoms with Gasteiger partial charge in [0.25, 0.3) is 11.8 Å². The van der Waals surface area contributed by atoms with Crippen molar-refractivity contribution in [1.82, 2.24) is 16.0 Å². The maximum absolute atomic E-state index is 13.2. The van der Waals surface area contributed by atoms with Gasteiger partial charge in [0, 0.05) is 30.6 Å². The largest absolute Gasteiger partial charge is 0.455 e. The van der Waals surface area contributed by atoms with E-state index in [9.17, 15) is 22.8 Å². The fraction of sp³-hybridized carbons (Fsp3) is 0.0952. The third-order valence-electron chi connectivity index (χ3n) is 4.21. The van der Waals surface area contributed by atoms with E-state index in [2.05, 4.69) is 15.6 Å². The molecule has 2 amide bonds. The molecule has 0 bridgehead atoms. The van der Waals surface area contributed by atoms with Crippen LogP contribution in [0.2, 0.25) is 5.02 Å². The molecule has 0 fully saturated rings. The lowest BCUT2D eigenvalue weighted by molar-refractivity contribution is -0.137. The summed E-state index contributed by atoms with van der Waals surface area (Å²) < 4.78 is 45.3. The molecule has 3 aromatic rings. The van der Waals surface area contributed by atoms with Gasteiger partial charge in [-0.2, -0.15) is 13.2 Å². The van der Waals surface area contributed by atoms with E-state index in [1.165, 1.54) is 49.6 Å². The van der Waals surface area contributed by atoms with Crippen LogP contribution >= 0.6 is 11.6 Å². The molecule has 3 N–H and O–H groups in total. The minimum Gasteiger partial charge on any atom is -0.455 e. The highest BCUT2D eigenvalue weighted by atomic mass is 35.5. The van der Waals surface area contributed by atoms with Crippen LogP contribution in [-0.2, 0) is 6.18 Å². The topological polar surface area (TPSA) is 104 Å². The van der Waals surface area contributed by atoms with Gasteiger partial charge in [0.2, 0.25) is 0 Å². The van der Waals surface area contributed by atoms with E-state index in [0.29, 0.717) is 0 Å². The minimum atomic E-state index is -4.65. The van der Waals surface area contributed by atoms with Crippen LogP contribution in [-0.4, -0.2) is 23.8 Å². The molecule has 0 aliphatic rings. The number of aromatic nitrogens is 1. The lowest BCUT2D eigenvalue weighted by Gasteiger charge is -2.16. The predicted octanol–water partition coefficient (Wildman–Crippen LogP) is 5.07. The molecule has 7 nitrogen and oxygen atoms in total. The van der Waals surface area contributed by atoms with Gasteiger partial charge < -0.3 is 15.4 Å². The molecule has 165 valence electrons. The van der Waals surface area contributed by atoms with Crippen LogP contribution < -0.4 is 21.1 Å². The number of hydrogen-bond donors (Lipinski definition) is 2. The zero-order chi connectivity index (χ0) is 23.5. The number of amides is 2. The van der Waals surface area contributed by atoms with E-state index in [-0.39, 0.29) is 34.1 Å². The molecule has 0 saturated carbocycles. The van der Waals surface area contributed by atoms with Crippen molar-refractivity contribution in [3.63, 3.8) is 0 Å². The predicted molar refractivity (Wildman–Crippen MR) is 111 cm³/mol. The summed E-state index contributed by atoms with van der Waals surface area (Å²) in [5.74, 6) is -1.21. The number of hydrogen-bond acceptors (Lipinski definition) is 5. The fourth-order valence-corrected chi connectivity index (χ4v) is 2.91. The standard InChI is InChI=1S/C21H15ClF3N4O3/c1-27-20(31)17-10-13(6-7-28-17)32-18-8-11(19(26)30)2-5-16(18)29-12-3-4-15(22)14(9-12)21(23,24)25/h2-10,26,29H,1H3,(H,27,31). The Balaban J connectivity index is 1.99. The van der Waals surface area contributed by atoms with Gasteiger partial charge in [-0.1, -0.05) is 11.6 Å². The van der Waals surface area contributed by atoms with Crippen molar-refractivity contribution in [2.24, 2.45) is 0 Å². The normalized spacial score (nSPS) is 11.0. The molecule has 3 rings (SSSR count). The highest BCUT2D eigenvalue weighted by molar-refractivity contribution is 6.31. The molecular formula is C21H15ClF3N4O3. The first-order chi connectivity index (χ1) is 15.1. The number of pyridine rings is 1. The first-order valence-electron chi connectivity index (χ1n) is 8.98. The third kappa shape index (κ3) is 5.27. The Bertz CT molecular complexity index is 1190. The molecule has 1 radical (unpaired) electrons. The summed E-state index contributed by atoms with van der Waals surface area (Å²) in [6.07, 6.45) is -3.32. The molecule has 0 atom stereocenters. The van der Waals surface area contributed by atoms with E-state index in [1.807, 2.05) is 0 Å².